The zero-order chi connectivity index (χ0) is 29.1. The number of carbonyl (C=O) groups is 1. The van der Waals surface area contributed by atoms with E-state index in [1.54, 1.807) is 17.8 Å². The van der Waals surface area contributed by atoms with Gasteiger partial charge in [0.1, 0.15) is 0 Å². The number of carbonyl (C=O) groups excluding carboxylic acids is 1. The van der Waals surface area contributed by atoms with Crippen molar-refractivity contribution in [1.29, 1.82) is 0 Å². The zero-order valence-electron chi connectivity index (χ0n) is 19.7. The second kappa shape index (κ2) is 11.8. The van der Waals surface area contributed by atoms with Crippen molar-refractivity contribution in [2.24, 2.45) is 0 Å². The van der Waals surface area contributed by atoms with Gasteiger partial charge in [0, 0.05) is 25.4 Å². The first-order valence-electron chi connectivity index (χ1n) is 10.8. The van der Waals surface area contributed by atoms with E-state index in [9.17, 15) is 21.7 Å². The quantitative estimate of drug-likeness (QED) is 0.0844. The molecule has 0 saturated heterocycles. The second-order valence-corrected chi connectivity index (χ2v) is 17.8. The van der Waals surface area contributed by atoms with Crippen LogP contribution >= 0.6 is 46.6 Å². The minimum atomic E-state index is -11.2. The zero-order valence-corrected chi connectivity index (χ0v) is 26.2. The Hall–Kier alpha value is -1.48. The number of halogens is 9. The average Bonchev–Trinajstić information content (AvgIpc) is 2.82. The predicted molar refractivity (Wildman–Crippen MR) is 149 cm³/mol. The van der Waals surface area contributed by atoms with Crippen LogP contribution in [0.15, 0.2) is 115 Å². The van der Waals surface area contributed by atoms with Crippen molar-refractivity contribution in [3.8, 4) is 0 Å². The molecule has 13 heteroatoms. The van der Waals surface area contributed by atoms with Crippen molar-refractivity contribution < 1.29 is 21.7 Å². The van der Waals surface area contributed by atoms with E-state index in [2.05, 4.69) is 48.5 Å². The summed E-state index contributed by atoms with van der Waals surface area (Å²) in [4.78, 5) is 17.1. The fourth-order valence-corrected chi connectivity index (χ4v) is 6.53. The summed E-state index contributed by atoms with van der Waals surface area (Å²) in [5, 5.41) is 2.01. The molecule has 0 bridgehead atoms. The van der Waals surface area contributed by atoms with E-state index in [1.807, 2.05) is 36.4 Å². The van der Waals surface area contributed by atoms with Crippen LogP contribution in [0.25, 0.3) is 0 Å². The number of rotatable bonds is 6. The van der Waals surface area contributed by atoms with Crippen LogP contribution in [-0.4, -0.2) is 25.3 Å². The van der Waals surface area contributed by atoms with Crippen LogP contribution in [0, 0.1) is 0 Å². The molecular formula is C26H18Cl3F6OS2Sb. The van der Waals surface area contributed by atoms with Gasteiger partial charge in [-0.3, -0.25) is 4.79 Å². The molecule has 0 N–H and O–H groups in total. The monoisotopic (exact) mass is 750 g/mol. The van der Waals surface area contributed by atoms with Gasteiger partial charge in [0.15, 0.2) is 20.5 Å². The first kappa shape index (κ1) is 32.0. The van der Waals surface area contributed by atoms with E-state index in [-0.39, 0.29) is 16.7 Å². The summed E-state index contributed by atoms with van der Waals surface area (Å²) in [7, 11) is -0.289. The molecule has 0 aromatic heterocycles. The van der Waals surface area contributed by atoms with Crippen molar-refractivity contribution in [2.45, 2.75) is 31.4 Å². The molecule has 0 amide bonds. The maximum absolute atomic E-state index is 11.6. The Balaban J connectivity index is 0.000000532. The van der Waals surface area contributed by atoms with Crippen LogP contribution in [-0.2, 0) is 10.9 Å². The maximum atomic E-state index is 11.6. The molecular weight excluding hydrogens is 735 g/mol. The van der Waals surface area contributed by atoms with Gasteiger partial charge in [0.2, 0.25) is 0 Å². The number of Topliss-reactive ketones (excluding diaryl/α,β-unsaturated/α-hetero) is 1. The molecule has 0 radical (unpaired) electrons. The number of hydrogen-bond donors (Lipinski definition) is 0. The van der Waals surface area contributed by atoms with E-state index in [0.29, 0.717) is 20.6 Å². The number of ketones is 1. The van der Waals surface area contributed by atoms with Gasteiger partial charge in [-0.05, 0) is 91.9 Å². The summed E-state index contributed by atoms with van der Waals surface area (Å²) in [6.07, 6.45) is 0. The van der Waals surface area contributed by atoms with E-state index in [0.717, 1.165) is 9.79 Å². The molecule has 0 aliphatic carbocycles. The Labute approximate surface area is 245 Å². The first-order valence-corrected chi connectivity index (χ1v) is 19.7. The summed E-state index contributed by atoms with van der Waals surface area (Å²) < 4.78 is 59.6. The molecule has 0 spiro atoms. The van der Waals surface area contributed by atoms with Crippen LogP contribution in [0.4, 0.5) is 16.9 Å². The van der Waals surface area contributed by atoms with E-state index in [1.165, 1.54) is 21.6 Å². The Morgan fingerprint density at radius 1 is 0.667 bits per heavy atom. The fraction of sp³-hybridized carbons (Fsp3) is 0.0385. The van der Waals surface area contributed by atoms with Crippen LogP contribution in [0.1, 0.15) is 17.3 Å². The van der Waals surface area contributed by atoms with Crippen LogP contribution in [0.2, 0.25) is 15.1 Å². The number of benzene rings is 4. The summed E-state index contributed by atoms with van der Waals surface area (Å²) in [6, 6.07) is 29.9. The third-order valence-electron chi connectivity index (χ3n) is 4.72. The van der Waals surface area contributed by atoms with Crippen molar-refractivity contribution in [3.05, 3.63) is 112 Å². The predicted octanol–water partition coefficient (Wildman–Crippen LogP) is 11.2. The van der Waals surface area contributed by atoms with Crippen LogP contribution in [0.5, 0.6) is 0 Å². The van der Waals surface area contributed by atoms with Gasteiger partial charge < -0.3 is 0 Å². The minimum absolute atomic E-state index is 0.00392. The molecule has 0 saturated carbocycles. The van der Waals surface area contributed by atoms with E-state index < -0.39 is 19.5 Å². The molecule has 0 atom stereocenters. The Morgan fingerprint density at radius 2 is 1.05 bits per heavy atom. The molecule has 1 nitrogen and oxygen atoms in total. The fourth-order valence-electron chi connectivity index (χ4n) is 3.12. The van der Waals surface area contributed by atoms with Crippen LogP contribution in [0.3, 0.4) is 0 Å². The molecule has 0 heterocycles. The normalized spacial score (nSPS) is 13.2. The van der Waals surface area contributed by atoms with Crippen molar-refractivity contribution >= 4 is 82.7 Å². The van der Waals surface area contributed by atoms with Gasteiger partial charge in [-0.2, -0.15) is 0 Å². The molecule has 0 fully saturated rings. The van der Waals surface area contributed by atoms with Gasteiger partial charge >= 0.3 is 36.4 Å². The van der Waals surface area contributed by atoms with Gasteiger partial charge in [0.05, 0.1) is 15.9 Å². The molecule has 4 rings (SSSR count). The summed E-state index contributed by atoms with van der Waals surface area (Å²) >= 11 is 8.96. The Bertz CT molecular complexity index is 1410. The van der Waals surface area contributed by atoms with Gasteiger partial charge in [-0.15, -0.1) is 0 Å². The molecule has 0 aliphatic rings. The van der Waals surface area contributed by atoms with E-state index >= 15 is 0 Å². The van der Waals surface area contributed by atoms with Gasteiger partial charge in [-0.1, -0.05) is 52.6 Å². The van der Waals surface area contributed by atoms with E-state index in [4.69, 9.17) is 34.8 Å². The number of hydrogen-bond acceptors (Lipinski definition) is 2. The SMILES string of the molecule is CC(=O)c1ccc(Sc2ccc([S+](c3ccc(Cl)cc3)c3ccc(Cl)cc3)cc2)c(Cl)c1.[F][Sb-]([F])([F])([F])([F])[F]. The average molecular weight is 753 g/mol. The molecule has 4 aromatic carbocycles. The van der Waals surface area contributed by atoms with Crippen molar-refractivity contribution in [3.63, 3.8) is 0 Å². The molecule has 0 aliphatic heterocycles. The second-order valence-electron chi connectivity index (χ2n) is 7.95. The van der Waals surface area contributed by atoms with Gasteiger partial charge in [0.25, 0.3) is 0 Å². The molecule has 39 heavy (non-hydrogen) atoms. The summed E-state index contributed by atoms with van der Waals surface area (Å²) in [5.74, 6) is 0.00392. The third-order valence-corrected chi connectivity index (χ3v) is 8.97. The Morgan fingerprint density at radius 3 is 1.41 bits per heavy atom. The van der Waals surface area contributed by atoms with Crippen LogP contribution < -0.4 is 0 Å². The first-order chi connectivity index (χ1) is 17.9. The molecule has 4 aromatic rings. The Kier molecular flexibility index (Phi) is 9.68. The van der Waals surface area contributed by atoms with Gasteiger partial charge in [-0.25, -0.2) is 0 Å². The van der Waals surface area contributed by atoms with Crippen molar-refractivity contribution in [1.82, 2.24) is 0 Å². The summed E-state index contributed by atoms with van der Waals surface area (Å²) in [5.41, 5.74) is 0.615. The standard InChI is InChI=1S/C26H18Cl3OS2.6FH.Sb/c1-17(30)18-2-15-26(25(29)16-18)31-21-7-13-24(14-8-21)32(22-9-3-19(27)4-10-22)23-11-5-20(28)6-12-23;;;;;;;/h2-16H,1H3;6*1H;/q+1;;;;;;;+5/p-6. The molecule has 208 valence electrons. The summed E-state index contributed by atoms with van der Waals surface area (Å²) in [6.45, 7) is 1.54. The topological polar surface area (TPSA) is 17.1 Å². The third kappa shape index (κ3) is 11.5. The van der Waals surface area contributed by atoms with Crippen molar-refractivity contribution in [2.75, 3.05) is 0 Å². The molecule has 0 unspecified atom stereocenters.